The van der Waals surface area contributed by atoms with E-state index in [0.29, 0.717) is 22.0 Å². The second kappa shape index (κ2) is 5.10. The number of carbonyl (C=O) groups excluding carboxylic acids is 1. The van der Waals surface area contributed by atoms with Gasteiger partial charge in [-0.15, -0.1) is 0 Å². The lowest BCUT2D eigenvalue weighted by Gasteiger charge is -2.11. The van der Waals surface area contributed by atoms with E-state index in [-0.39, 0.29) is 5.91 Å². The summed E-state index contributed by atoms with van der Waals surface area (Å²) in [6, 6.07) is 12.4. The zero-order valence-corrected chi connectivity index (χ0v) is 10.7. The van der Waals surface area contributed by atoms with Crippen LogP contribution in [0.5, 0.6) is 0 Å². The first-order valence-electron chi connectivity index (χ1n) is 5.50. The standard InChI is InChI=1S/C14H13ClN2O/c1-9-5-4-8-12(16)13(9)17-14(18)10-6-2-3-7-11(10)15/h2-8H,16H2,1H3,(H,17,18). The maximum atomic E-state index is 12.1. The lowest BCUT2D eigenvalue weighted by Crippen LogP contribution is -2.14. The van der Waals surface area contributed by atoms with Crippen molar-refractivity contribution in [1.82, 2.24) is 0 Å². The molecule has 3 nitrogen and oxygen atoms in total. The van der Waals surface area contributed by atoms with Gasteiger partial charge in [0.15, 0.2) is 0 Å². The van der Waals surface area contributed by atoms with Gasteiger partial charge in [-0.25, -0.2) is 0 Å². The number of nitrogens with two attached hydrogens (primary N) is 1. The van der Waals surface area contributed by atoms with Gasteiger partial charge in [0.2, 0.25) is 0 Å². The zero-order chi connectivity index (χ0) is 13.1. The molecule has 4 heteroatoms. The molecule has 0 aliphatic heterocycles. The fourth-order valence-electron chi connectivity index (χ4n) is 1.69. The van der Waals surface area contributed by atoms with Crippen molar-refractivity contribution in [3.8, 4) is 0 Å². The van der Waals surface area contributed by atoms with E-state index in [1.807, 2.05) is 19.1 Å². The van der Waals surface area contributed by atoms with Crippen LogP contribution in [0.25, 0.3) is 0 Å². The summed E-state index contributed by atoms with van der Waals surface area (Å²) in [6.07, 6.45) is 0. The molecule has 0 aromatic heterocycles. The third kappa shape index (κ3) is 2.46. The van der Waals surface area contributed by atoms with Gasteiger partial charge < -0.3 is 11.1 Å². The van der Waals surface area contributed by atoms with Crippen LogP contribution in [0.15, 0.2) is 42.5 Å². The molecule has 0 saturated carbocycles. The monoisotopic (exact) mass is 260 g/mol. The Hall–Kier alpha value is -2.00. The fraction of sp³-hybridized carbons (Fsp3) is 0.0714. The Morgan fingerprint density at radius 1 is 1.17 bits per heavy atom. The molecule has 0 unspecified atom stereocenters. The fourth-order valence-corrected chi connectivity index (χ4v) is 1.91. The number of hydrogen-bond acceptors (Lipinski definition) is 2. The van der Waals surface area contributed by atoms with Gasteiger partial charge in [-0.05, 0) is 30.7 Å². The van der Waals surface area contributed by atoms with Crippen LogP contribution in [0, 0.1) is 6.92 Å². The van der Waals surface area contributed by atoms with E-state index < -0.39 is 0 Å². The first-order chi connectivity index (χ1) is 8.59. The van der Waals surface area contributed by atoms with Crippen LogP contribution >= 0.6 is 11.6 Å². The van der Waals surface area contributed by atoms with Crippen molar-refractivity contribution >= 4 is 28.9 Å². The molecule has 1 amide bonds. The van der Waals surface area contributed by atoms with Gasteiger partial charge in [0.05, 0.1) is 22.0 Å². The molecule has 0 radical (unpaired) electrons. The Labute approximate surface area is 111 Å². The molecule has 0 spiro atoms. The first kappa shape index (κ1) is 12.5. The first-order valence-corrected chi connectivity index (χ1v) is 5.88. The molecule has 0 atom stereocenters. The molecule has 2 aromatic carbocycles. The molecule has 0 saturated heterocycles. The molecule has 18 heavy (non-hydrogen) atoms. The van der Waals surface area contributed by atoms with Gasteiger partial charge in [0.1, 0.15) is 0 Å². The molecule has 3 N–H and O–H groups in total. The minimum Gasteiger partial charge on any atom is -0.397 e. The highest BCUT2D eigenvalue weighted by Crippen LogP contribution is 2.24. The van der Waals surface area contributed by atoms with E-state index in [4.69, 9.17) is 17.3 Å². The highest BCUT2D eigenvalue weighted by molar-refractivity contribution is 6.34. The van der Waals surface area contributed by atoms with Crippen molar-refractivity contribution in [1.29, 1.82) is 0 Å². The number of carbonyl (C=O) groups is 1. The van der Waals surface area contributed by atoms with Crippen LogP contribution in [-0.4, -0.2) is 5.91 Å². The summed E-state index contributed by atoms with van der Waals surface area (Å²) in [5, 5.41) is 3.21. The summed E-state index contributed by atoms with van der Waals surface area (Å²) in [5.74, 6) is -0.262. The average Bonchev–Trinajstić information content (AvgIpc) is 2.34. The van der Waals surface area contributed by atoms with Crippen molar-refractivity contribution in [2.45, 2.75) is 6.92 Å². The summed E-state index contributed by atoms with van der Waals surface area (Å²) in [6.45, 7) is 1.89. The van der Waals surface area contributed by atoms with Crippen molar-refractivity contribution in [2.75, 3.05) is 11.1 Å². The molecule has 0 bridgehead atoms. The number of amides is 1. The quantitative estimate of drug-likeness (QED) is 0.812. The normalized spacial score (nSPS) is 10.1. The molecule has 0 aliphatic carbocycles. The molecule has 2 aromatic rings. The van der Waals surface area contributed by atoms with Crippen LogP contribution in [0.4, 0.5) is 11.4 Å². The lowest BCUT2D eigenvalue weighted by molar-refractivity contribution is 0.102. The van der Waals surface area contributed by atoms with Crippen LogP contribution in [0.3, 0.4) is 0 Å². The third-order valence-corrected chi connectivity index (χ3v) is 2.99. The number of anilines is 2. The topological polar surface area (TPSA) is 55.1 Å². The van der Waals surface area contributed by atoms with Crippen LogP contribution in [-0.2, 0) is 0 Å². The van der Waals surface area contributed by atoms with Gasteiger partial charge in [-0.1, -0.05) is 35.9 Å². The maximum absolute atomic E-state index is 12.1. The van der Waals surface area contributed by atoms with Crippen LogP contribution in [0.2, 0.25) is 5.02 Å². The van der Waals surface area contributed by atoms with Gasteiger partial charge in [0, 0.05) is 0 Å². The van der Waals surface area contributed by atoms with Gasteiger partial charge in [0.25, 0.3) is 5.91 Å². The second-order valence-electron chi connectivity index (χ2n) is 3.97. The van der Waals surface area contributed by atoms with E-state index in [1.165, 1.54) is 0 Å². The third-order valence-electron chi connectivity index (χ3n) is 2.66. The summed E-state index contributed by atoms with van der Waals surface area (Å²) >= 11 is 5.97. The van der Waals surface area contributed by atoms with E-state index in [9.17, 15) is 4.79 Å². The summed E-state index contributed by atoms with van der Waals surface area (Å²) in [5.41, 5.74) is 8.35. The van der Waals surface area contributed by atoms with Crippen LogP contribution < -0.4 is 11.1 Å². The van der Waals surface area contributed by atoms with Gasteiger partial charge in [-0.2, -0.15) is 0 Å². The number of nitrogens with one attached hydrogen (secondary N) is 1. The molecule has 0 fully saturated rings. The van der Waals surface area contributed by atoms with Crippen molar-refractivity contribution in [3.63, 3.8) is 0 Å². The minimum atomic E-state index is -0.262. The largest absolute Gasteiger partial charge is 0.397 e. The van der Waals surface area contributed by atoms with E-state index in [1.54, 1.807) is 30.3 Å². The molecule has 2 rings (SSSR count). The highest BCUT2D eigenvalue weighted by atomic mass is 35.5. The highest BCUT2D eigenvalue weighted by Gasteiger charge is 2.12. The second-order valence-corrected chi connectivity index (χ2v) is 4.38. The number of benzene rings is 2. The number of hydrogen-bond donors (Lipinski definition) is 2. The van der Waals surface area contributed by atoms with Gasteiger partial charge in [-0.3, -0.25) is 4.79 Å². The zero-order valence-electron chi connectivity index (χ0n) is 9.91. The van der Waals surface area contributed by atoms with Crippen LogP contribution in [0.1, 0.15) is 15.9 Å². The van der Waals surface area contributed by atoms with E-state index >= 15 is 0 Å². The Kier molecular flexibility index (Phi) is 3.53. The predicted molar refractivity (Wildman–Crippen MR) is 75.0 cm³/mol. The smallest absolute Gasteiger partial charge is 0.257 e. The van der Waals surface area contributed by atoms with E-state index in [0.717, 1.165) is 5.56 Å². The Morgan fingerprint density at radius 2 is 1.89 bits per heavy atom. The number of nitrogen functional groups attached to an aromatic ring is 1. The maximum Gasteiger partial charge on any atom is 0.257 e. The Bertz CT molecular complexity index is 576. The molecular weight excluding hydrogens is 248 g/mol. The Morgan fingerprint density at radius 3 is 2.56 bits per heavy atom. The SMILES string of the molecule is Cc1cccc(N)c1NC(=O)c1ccccc1Cl. The summed E-state index contributed by atoms with van der Waals surface area (Å²) < 4.78 is 0. The average molecular weight is 261 g/mol. The van der Waals surface area contributed by atoms with Crippen molar-refractivity contribution in [3.05, 3.63) is 58.6 Å². The number of aryl methyl sites for hydroxylation is 1. The molecule has 0 heterocycles. The molecule has 0 aliphatic rings. The summed E-state index contributed by atoms with van der Waals surface area (Å²) in [7, 11) is 0. The number of rotatable bonds is 2. The van der Waals surface area contributed by atoms with Crippen molar-refractivity contribution in [2.24, 2.45) is 0 Å². The Balaban J connectivity index is 2.30. The van der Waals surface area contributed by atoms with Crippen molar-refractivity contribution < 1.29 is 4.79 Å². The van der Waals surface area contributed by atoms with E-state index in [2.05, 4.69) is 5.32 Å². The lowest BCUT2D eigenvalue weighted by atomic mass is 10.1. The molecule has 92 valence electrons. The molecular formula is C14H13ClN2O. The van der Waals surface area contributed by atoms with Gasteiger partial charge >= 0.3 is 0 Å². The number of halogens is 1. The summed E-state index contributed by atoms with van der Waals surface area (Å²) in [4.78, 5) is 12.1. The minimum absolute atomic E-state index is 0.262. The number of para-hydroxylation sites is 1. The predicted octanol–water partition coefficient (Wildman–Crippen LogP) is 3.48.